The van der Waals surface area contributed by atoms with Crippen LogP contribution < -0.4 is 0 Å². The van der Waals surface area contributed by atoms with Gasteiger partial charge in [0.1, 0.15) is 0 Å². The molecule has 1 aliphatic heterocycles. The van der Waals surface area contributed by atoms with Crippen LogP contribution in [0.15, 0.2) is 30.3 Å². The molecule has 1 heterocycles. The molecule has 0 spiro atoms. The van der Waals surface area contributed by atoms with E-state index in [1.165, 1.54) is 5.56 Å². The Balaban J connectivity index is 2.11. The fourth-order valence-corrected chi connectivity index (χ4v) is 2.92. The van der Waals surface area contributed by atoms with Gasteiger partial charge >= 0.3 is 5.97 Å². The lowest BCUT2D eigenvalue weighted by molar-refractivity contribution is -0.139. The van der Waals surface area contributed by atoms with Gasteiger partial charge in [-0.2, -0.15) is 0 Å². The highest BCUT2D eigenvalue weighted by atomic mass is 16.4. The van der Waals surface area contributed by atoms with E-state index in [-0.39, 0.29) is 12.5 Å². The predicted octanol–water partition coefficient (Wildman–Crippen LogP) is 1.67. The minimum Gasteiger partial charge on any atom is -0.481 e. The average molecular weight is 262 g/mol. The lowest BCUT2D eigenvalue weighted by Gasteiger charge is -2.44. The average Bonchev–Trinajstić information content (AvgIpc) is 2.34. The maximum absolute atomic E-state index is 11.0. The number of aliphatic carboxylic acids is 1. The van der Waals surface area contributed by atoms with Crippen LogP contribution in [0.2, 0.25) is 0 Å². The molecule has 0 bridgehead atoms. The van der Waals surface area contributed by atoms with Crippen molar-refractivity contribution in [1.29, 1.82) is 0 Å². The summed E-state index contributed by atoms with van der Waals surface area (Å²) in [6, 6.07) is 10.7. The Bertz CT molecular complexity index is 421. The van der Waals surface area contributed by atoms with Crippen LogP contribution >= 0.6 is 0 Å². The molecule has 1 aliphatic rings. The summed E-state index contributed by atoms with van der Waals surface area (Å²) in [5.41, 5.74) is 1.24. The topological polar surface area (TPSA) is 43.8 Å². The smallest absolute Gasteiger partial charge is 0.304 e. The molecule has 1 aromatic carbocycles. The molecule has 104 valence electrons. The Kier molecular flexibility index (Phi) is 4.56. The molecule has 4 heteroatoms. The first-order chi connectivity index (χ1) is 9.06. The SMILES string of the molecule is C[C@H]1CN(C)C[C@H](CC(=O)O)N1Cc1ccccc1. The highest BCUT2D eigenvalue weighted by molar-refractivity contribution is 5.67. The van der Waals surface area contributed by atoms with Crippen molar-refractivity contribution in [3.63, 3.8) is 0 Å². The van der Waals surface area contributed by atoms with Crippen molar-refractivity contribution >= 4 is 5.97 Å². The third-order valence-corrected chi connectivity index (χ3v) is 3.75. The lowest BCUT2D eigenvalue weighted by atomic mass is 10.0. The van der Waals surface area contributed by atoms with Crippen molar-refractivity contribution in [3.05, 3.63) is 35.9 Å². The van der Waals surface area contributed by atoms with Gasteiger partial charge in [-0.05, 0) is 19.5 Å². The molecule has 0 saturated carbocycles. The summed E-state index contributed by atoms with van der Waals surface area (Å²) >= 11 is 0. The van der Waals surface area contributed by atoms with Gasteiger partial charge in [0.2, 0.25) is 0 Å². The van der Waals surface area contributed by atoms with Crippen LogP contribution in [0, 0.1) is 0 Å². The van der Waals surface area contributed by atoms with Gasteiger partial charge in [-0.3, -0.25) is 9.69 Å². The van der Waals surface area contributed by atoms with E-state index in [2.05, 4.69) is 35.9 Å². The van der Waals surface area contributed by atoms with Crippen molar-refractivity contribution in [2.45, 2.75) is 32.0 Å². The third-order valence-electron chi connectivity index (χ3n) is 3.75. The molecule has 19 heavy (non-hydrogen) atoms. The van der Waals surface area contributed by atoms with Gasteiger partial charge in [0.25, 0.3) is 0 Å². The van der Waals surface area contributed by atoms with Gasteiger partial charge in [0.05, 0.1) is 6.42 Å². The van der Waals surface area contributed by atoms with E-state index in [0.29, 0.717) is 6.04 Å². The molecule has 1 aromatic rings. The molecule has 1 fully saturated rings. The summed E-state index contributed by atoms with van der Waals surface area (Å²) in [6.07, 6.45) is 0.210. The predicted molar refractivity (Wildman–Crippen MR) is 75.0 cm³/mol. The maximum atomic E-state index is 11.0. The first-order valence-corrected chi connectivity index (χ1v) is 6.76. The Labute approximate surface area is 114 Å². The van der Waals surface area contributed by atoms with Gasteiger partial charge in [-0.25, -0.2) is 0 Å². The summed E-state index contributed by atoms with van der Waals surface area (Å²) in [7, 11) is 2.06. The minimum absolute atomic E-state index is 0.0893. The molecule has 1 saturated heterocycles. The van der Waals surface area contributed by atoms with Crippen LogP contribution in [0.5, 0.6) is 0 Å². The zero-order chi connectivity index (χ0) is 13.8. The number of nitrogens with zero attached hydrogens (tertiary/aromatic N) is 2. The fraction of sp³-hybridized carbons (Fsp3) is 0.533. The first-order valence-electron chi connectivity index (χ1n) is 6.76. The Hall–Kier alpha value is -1.39. The molecule has 1 N–H and O–H groups in total. The first kappa shape index (κ1) is 14.0. The lowest BCUT2D eigenvalue weighted by Crippen LogP contribution is -2.56. The highest BCUT2D eigenvalue weighted by Gasteiger charge is 2.31. The van der Waals surface area contributed by atoms with E-state index in [9.17, 15) is 4.79 Å². The van der Waals surface area contributed by atoms with Gasteiger partial charge in [0.15, 0.2) is 0 Å². The van der Waals surface area contributed by atoms with Gasteiger partial charge < -0.3 is 10.0 Å². The zero-order valence-electron chi connectivity index (χ0n) is 11.6. The molecule has 0 amide bonds. The van der Waals surface area contributed by atoms with Crippen LogP contribution in [0.1, 0.15) is 18.9 Å². The van der Waals surface area contributed by atoms with Crippen LogP contribution in [0.25, 0.3) is 0 Å². The summed E-state index contributed by atoms with van der Waals surface area (Å²) in [5.74, 6) is -0.717. The van der Waals surface area contributed by atoms with E-state index in [1.54, 1.807) is 0 Å². The molecule has 4 nitrogen and oxygen atoms in total. The monoisotopic (exact) mass is 262 g/mol. The fourth-order valence-electron chi connectivity index (χ4n) is 2.92. The van der Waals surface area contributed by atoms with Crippen LogP contribution in [-0.2, 0) is 11.3 Å². The van der Waals surface area contributed by atoms with E-state index in [0.717, 1.165) is 19.6 Å². The molecule has 0 radical (unpaired) electrons. The molecule has 0 aliphatic carbocycles. The highest BCUT2D eigenvalue weighted by Crippen LogP contribution is 2.20. The number of likely N-dealkylation sites (N-methyl/N-ethyl adjacent to an activating group) is 1. The molecule has 0 unspecified atom stereocenters. The van der Waals surface area contributed by atoms with Crippen LogP contribution in [0.4, 0.5) is 0 Å². The summed E-state index contributed by atoms with van der Waals surface area (Å²) in [5, 5.41) is 9.08. The second-order valence-corrected chi connectivity index (χ2v) is 5.48. The van der Waals surface area contributed by atoms with Crippen molar-refractivity contribution in [1.82, 2.24) is 9.80 Å². The zero-order valence-corrected chi connectivity index (χ0v) is 11.6. The molecule has 2 atom stereocenters. The Morgan fingerprint density at radius 3 is 2.63 bits per heavy atom. The van der Waals surface area contributed by atoms with Crippen molar-refractivity contribution < 1.29 is 9.90 Å². The number of benzene rings is 1. The van der Waals surface area contributed by atoms with Crippen molar-refractivity contribution in [2.24, 2.45) is 0 Å². The number of carboxylic acid groups (broad SMARTS) is 1. The van der Waals surface area contributed by atoms with Crippen LogP contribution in [-0.4, -0.2) is 53.1 Å². The summed E-state index contributed by atoms with van der Waals surface area (Å²) in [6.45, 7) is 4.81. The van der Waals surface area contributed by atoms with Gasteiger partial charge in [-0.1, -0.05) is 30.3 Å². The van der Waals surface area contributed by atoms with Gasteiger partial charge in [-0.15, -0.1) is 0 Å². The summed E-state index contributed by atoms with van der Waals surface area (Å²) in [4.78, 5) is 15.6. The van der Waals surface area contributed by atoms with E-state index < -0.39 is 5.97 Å². The molecular weight excluding hydrogens is 240 g/mol. The number of carbonyl (C=O) groups is 1. The third kappa shape index (κ3) is 3.78. The van der Waals surface area contributed by atoms with E-state index in [4.69, 9.17) is 5.11 Å². The van der Waals surface area contributed by atoms with Crippen LogP contribution in [0.3, 0.4) is 0 Å². The number of hydrogen-bond donors (Lipinski definition) is 1. The maximum Gasteiger partial charge on any atom is 0.304 e. The molecule has 0 aromatic heterocycles. The normalized spacial score (nSPS) is 25.4. The van der Waals surface area contributed by atoms with Gasteiger partial charge in [0, 0.05) is 31.7 Å². The largest absolute Gasteiger partial charge is 0.481 e. The Morgan fingerprint density at radius 1 is 1.32 bits per heavy atom. The Morgan fingerprint density at radius 2 is 2.00 bits per heavy atom. The second-order valence-electron chi connectivity index (χ2n) is 5.48. The quantitative estimate of drug-likeness (QED) is 0.896. The second kappa shape index (κ2) is 6.17. The minimum atomic E-state index is -0.717. The van der Waals surface area contributed by atoms with Crippen molar-refractivity contribution in [2.75, 3.05) is 20.1 Å². The van der Waals surface area contributed by atoms with E-state index >= 15 is 0 Å². The number of rotatable bonds is 4. The number of carboxylic acids is 1. The van der Waals surface area contributed by atoms with E-state index in [1.807, 2.05) is 18.2 Å². The number of hydrogen-bond acceptors (Lipinski definition) is 3. The summed E-state index contributed by atoms with van der Waals surface area (Å²) < 4.78 is 0. The molecule has 2 rings (SSSR count). The number of piperazine rings is 1. The standard InChI is InChI=1S/C15H22N2O2/c1-12-9-16(2)11-14(8-15(18)19)17(12)10-13-6-4-3-5-7-13/h3-7,12,14H,8-11H2,1-2H3,(H,18,19)/t12-,14-/m0/s1. The molecular formula is C15H22N2O2. The van der Waals surface area contributed by atoms with Crippen molar-refractivity contribution in [3.8, 4) is 0 Å².